The third kappa shape index (κ3) is 3.32. The van der Waals surface area contributed by atoms with Crippen LogP contribution in [0.1, 0.15) is 25.7 Å². The van der Waals surface area contributed by atoms with Crippen molar-refractivity contribution in [3.63, 3.8) is 0 Å². The molecule has 4 nitrogen and oxygen atoms in total. The third-order valence-corrected chi connectivity index (χ3v) is 2.52. The standard InChI is InChI=1S/C9H18N2O2/c1-13-6-3-8(12)11-7-9(10)4-2-5-9/h2-7,10H2,1H3,(H,11,12). The molecule has 1 saturated carbocycles. The highest BCUT2D eigenvalue weighted by Crippen LogP contribution is 2.27. The summed E-state index contributed by atoms with van der Waals surface area (Å²) in [4.78, 5) is 11.1. The number of carbonyl (C=O) groups is 1. The van der Waals surface area contributed by atoms with Crippen LogP contribution in [0.4, 0.5) is 0 Å². The van der Waals surface area contributed by atoms with Gasteiger partial charge >= 0.3 is 0 Å². The van der Waals surface area contributed by atoms with Crippen molar-refractivity contribution in [2.24, 2.45) is 5.73 Å². The van der Waals surface area contributed by atoms with Gasteiger partial charge in [-0.25, -0.2) is 0 Å². The molecular weight excluding hydrogens is 168 g/mol. The van der Waals surface area contributed by atoms with Gasteiger partial charge in [-0.15, -0.1) is 0 Å². The Morgan fingerprint density at radius 1 is 1.62 bits per heavy atom. The molecule has 0 heterocycles. The molecule has 4 heteroatoms. The zero-order valence-corrected chi connectivity index (χ0v) is 8.14. The third-order valence-electron chi connectivity index (χ3n) is 2.52. The smallest absolute Gasteiger partial charge is 0.222 e. The fourth-order valence-electron chi connectivity index (χ4n) is 1.37. The molecule has 76 valence electrons. The summed E-state index contributed by atoms with van der Waals surface area (Å²) in [5, 5.41) is 2.82. The summed E-state index contributed by atoms with van der Waals surface area (Å²) in [5.74, 6) is 0.0265. The molecule has 1 amide bonds. The fraction of sp³-hybridized carbons (Fsp3) is 0.889. The molecule has 13 heavy (non-hydrogen) atoms. The molecule has 0 unspecified atom stereocenters. The Morgan fingerprint density at radius 2 is 2.31 bits per heavy atom. The monoisotopic (exact) mass is 186 g/mol. The Labute approximate surface area is 78.8 Å². The van der Waals surface area contributed by atoms with Crippen molar-refractivity contribution in [3.8, 4) is 0 Å². The van der Waals surface area contributed by atoms with E-state index in [1.165, 1.54) is 6.42 Å². The van der Waals surface area contributed by atoms with Gasteiger partial charge in [0.2, 0.25) is 5.91 Å². The quantitative estimate of drug-likeness (QED) is 0.636. The maximum absolute atomic E-state index is 11.1. The van der Waals surface area contributed by atoms with Gasteiger partial charge < -0.3 is 15.8 Å². The van der Waals surface area contributed by atoms with Gasteiger partial charge in [-0.3, -0.25) is 4.79 Å². The maximum atomic E-state index is 11.1. The summed E-state index contributed by atoms with van der Waals surface area (Å²) in [6.45, 7) is 1.08. The number of carbonyl (C=O) groups excluding carboxylic acids is 1. The second kappa shape index (κ2) is 4.58. The largest absolute Gasteiger partial charge is 0.384 e. The second-order valence-electron chi connectivity index (χ2n) is 3.74. The topological polar surface area (TPSA) is 64.3 Å². The molecule has 0 atom stereocenters. The van der Waals surface area contributed by atoms with Gasteiger partial charge in [0, 0.05) is 25.6 Å². The Balaban J connectivity index is 2.07. The van der Waals surface area contributed by atoms with E-state index in [4.69, 9.17) is 10.5 Å². The lowest BCUT2D eigenvalue weighted by Gasteiger charge is -2.38. The molecule has 0 aromatic carbocycles. The zero-order chi connectivity index (χ0) is 9.73. The Bertz CT molecular complexity index is 178. The van der Waals surface area contributed by atoms with Crippen LogP contribution in [0.3, 0.4) is 0 Å². The number of nitrogens with one attached hydrogen (secondary N) is 1. The van der Waals surface area contributed by atoms with Crippen LogP contribution in [0.2, 0.25) is 0 Å². The van der Waals surface area contributed by atoms with Crippen LogP contribution >= 0.6 is 0 Å². The first-order chi connectivity index (χ1) is 6.16. The minimum atomic E-state index is -0.122. The highest BCUT2D eigenvalue weighted by molar-refractivity contribution is 5.76. The van der Waals surface area contributed by atoms with Gasteiger partial charge in [0.05, 0.1) is 6.61 Å². The van der Waals surface area contributed by atoms with E-state index in [0.717, 1.165) is 12.8 Å². The van der Waals surface area contributed by atoms with Crippen molar-refractivity contribution in [2.75, 3.05) is 20.3 Å². The van der Waals surface area contributed by atoms with Crippen LogP contribution in [0.15, 0.2) is 0 Å². The predicted octanol–water partition coefficient (Wildman–Crippen LogP) is 0.0205. The average Bonchev–Trinajstić information content (AvgIpc) is 2.08. The van der Waals surface area contributed by atoms with Crippen molar-refractivity contribution in [3.05, 3.63) is 0 Å². The van der Waals surface area contributed by atoms with Gasteiger partial charge in [0.25, 0.3) is 0 Å². The van der Waals surface area contributed by atoms with Crippen LogP contribution in [-0.2, 0) is 9.53 Å². The molecule has 0 aromatic heterocycles. The first-order valence-corrected chi connectivity index (χ1v) is 4.71. The average molecular weight is 186 g/mol. The van der Waals surface area contributed by atoms with Gasteiger partial charge in [-0.2, -0.15) is 0 Å². The number of nitrogens with two attached hydrogens (primary N) is 1. The van der Waals surface area contributed by atoms with Crippen molar-refractivity contribution in [2.45, 2.75) is 31.2 Å². The number of rotatable bonds is 5. The van der Waals surface area contributed by atoms with Gasteiger partial charge in [-0.05, 0) is 19.3 Å². The summed E-state index contributed by atoms with van der Waals surface area (Å²) >= 11 is 0. The fourth-order valence-corrected chi connectivity index (χ4v) is 1.37. The summed E-state index contributed by atoms with van der Waals surface area (Å²) in [7, 11) is 1.59. The number of amides is 1. The number of methoxy groups -OCH3 is 1. The molecular formula is C9H18N2O2. The molecule has 1 aliphatic rings. The SMILES string of the molecule is COCCC(=O)NCC1(N)CCC1. The summed E-state index contributed by atoms with van der Waals surface area (Å²) in [5.41, 5.74) is 5.81. The lowest BCUT2D eigenvalue weighted by molar-refractivity contribution is -0.122. The summed E-state index contributed by atoms with van der Waals surface area (Å²) < 4.78 is 4.79. The van der Waals surface area contributed by atoms with Crippen molar-refractivity contribution in [1.29, 1.82) is 0 Å². The predicted molar refractivity (Wildman–Crippen MR) is 50.3 cm³/mol. The first kappa shape index (κ1) is 10.5. The number of hydrogen-bond acceptors (Lipinski definition) is 3. The molecule has 1 fully saturated rings. The molecule has 0 aromatic rings. The minimum Gasteiger partial charge on any atom is -0.384 e. The van der Waals surface area contributed by atoms with Crippen molar-refractivity contribution >= 4 is 5.91 Å². The van der Waals surface area contributed by atoms with Crippen LogP contribution in [0.5, 0.6) is 0 Å². The maximum Gasteiger partial charge on any atom is 0.222 e. The molecule has 0 bridgehead atoms. The molecule has 1 rings (SSSR count). The second-order valence-corrected chi connectivity index (χ2v) is 3.74. The van der Waals surface area contributed by atoms with Crippen LogP contribution in [0.25, 0.3) is 0 Å². The van der Waals surface area contributed by atoms with Crippen LogP contribution in [-0.4, -0.2) is 31.7 Å². The first-order valence-electron chi connectivity index (χ1n) is 4.71. The van der Waals surface area contributed by atoms with Gasteiger partial charge in [0.1, 0.15) is 0 Å². The Morgan fingerprint density at radius 3 is 2.77 bits per heavy atom. The molecule has 0 radical (unpaired) electrons. The highest BCUT2D eigenvalue weighted by atomic mass is 16.5. The summed E-state index contributed by atoms with van der Waals surface area (Å²) in [6.07, 6.45) is 3.66. The van der Waals surface area contributed by atoms with E-state index in [1.54, 1.807) is 7.11 Å². The highest BCUT2D eigenvalue weighted by Gasteiger charge is 2.32. The van der Waals surface area contributed by atoms with E-state index in [-0.39, 0.29) is 11.4 Å². The van der Waals surface area contributed by atoms with Gasteiger partial charge in [-0.1, -0.05) is 0 Å². The molecule has 0 saturated heterocycles. The molecule has 0 aliphatic heterocycles. The van der Waals surface area contributed by atoms with Crippen molar-refractivity contribution < 1.29 is 9.53 Å². The number of ether oxygens (including phenoxy) is 1. The Hall–Kier alpha value is -0.610. The van der Waals surface area contributed by atoms with E-state index in [2.05, 4.69) is 5.32 Å². The molecule has 3 N–H and O–H groups in total. The van der Waals surface area contributed by atoms with E-state index < -0.39 is 0 Å². The lowest BCUT2D eigenvalue weighted by Crippen LogP contribution is -2.55. The van der Waals surface area contributed by atoms with E-state index in [9.17, 15) is 4.79 Å². The van der Waals surface area contributed by atoms with E-state index in [0.29, 0.717) is 19.6 Å². The molecule has 1 aliphatic carbocycles. The van der Waals surface area contributed by atoms with Crippen LogP contribution in [0, 0.1) is 0 Å². The van der Waals surface area contributed by atoms with Crippen molar-refractivity contribution in [1.82, 2.24) is 5.32 Å². The normalized spacial score (nSPS) is 19.2. The molecule has 0 spiro atoms. The van der Waals surface area contributed by atoms with Gasteiger partial charge in [0.15, 0.2) is 0 Å². The van der Waals surface area contributed by atoms with E-state index >= 15 is 0 Å². The minimum absolute atomic E-state index is 0.0265. The van der Waals surface area contributed by atoms with E-state index in [1.807, 2.05) is 0 Å². The zero-order valence-electron chi connectivity index (χ0n) is 8.14. The number of hydrogen-bond donors (Lipinski definition) is 2. The summed E-state index contributed by atoms with van der Waals surface area (Å²) in [6, 6.07) is 0. The lowest BCUT2D eigenvalue weighted by atomic mass is 9.78. The van der Waals surface area contributed by atoms with Crippen LogP contribution < -0.4 is 11.1 Å². The Kier molecular flexibility index (Phi) is 3.69.